The number of halogens is 1. The molecule has 1 aliphatic carbocycles. The molecule has 2 aliphatic rings. The lowest BCUT2D eigenvalue weighted by Crippen LogP contribution is -2.46. The molecule has 1 unspecified atom stereocenters. The van der Waals surface area contributed by atoms with Crippen LogP contribution in [0.5, 0.6) is 0 Å². The Bertz CT molecular complexity index is 380. The zero-order chi connectivity index (χ0) is 10.3. The van der Waals surface area contributed by atoms with Crippen LogP contribution in [-0.2, 0) is 16.8 Å². The van der Waals surface area contributed by atoms with Crippen molar-refractivity contribution in [2.24, 2.45) is 0 Å². The van der Waals surface area contributed by atoms with Gasteiger partial charge in [0, 0.05) is 13.1 Å². The Labute approximate surface area is 88.4 Å². The third kappa shape index (κ3) is 1.38. The summed E-state index contributed by atoms with van der Waals surface area (Å²) in [6.45, 7) is 2.42. The van der Waals surface area contributed by atoms with Crippen molar-refractivity contribution in [3.8, 4) is 0 Å². The molecule has 1 spiro atoms. The average Bonchev–Trinajstić information content (AvgIpc) is 2.59. The highest BCUT2D eigenvalue weighted by Gasteiger charge is 2.41. The van der Waals surface area contributed by atoms with Gasteiger partial charge in [0.15, 0.2) is 0 Å². The fraction of sp³-hybridized carbons (Fsp3) is 0.500. The van der Waals surface area contributed by atoms with Gasteiger partial charge in [-0.3, -0.25) is 0 Å². The Morgan fingerprint density at radius 3 is 3.13 bits per heavy atom. The number of hydrogen-bond donors (Lipinski definition) is 1. The fourth-order valence-corrected chi connectivity index (χ4v) is 2.66. The SMILES string of the molecule is Fc1ccc2c(c1)C1(CC2)CNCCO1. The molecule has 1 heterocycles. The maximum atomic E-state index is 13.2. The number of fused-ring (bicyclic) bond motifs is 2. The molecule has 1 atom stereocenters. The summed E-state index contributed by atoms with van der Waals surface area (Å²) in [6, 6.07) is 5.06. The van der Waals surface area contributed by atoms with Crippen molar-refractivity contribution in [3.05, 3.63) is 35.1 Å². The van der Waals surface area contributed by atoms with E-state index in [2.05, 4.69) is 5.32 Å². The molecule has 80 valence electrons. The van der Waals surface area contributed by atoms with Gasteiger partial charge in [-0.2, -0.15) is 0 Å². The average molecular weight is 207 g/mol. The number of nitrogens with one attached hydrogen (secondary N) is 1. The number of ether oxygens (including phenoxy) is 1. The molecule has 3 rings (SSSR count). The predicted molar refractivity (Wildman–Crippen MR) is 55.2 cm³/mol. The minimum Gasteiger partial charge on any atom is -0.368 e. The molecular formula is C12H14FNO. The molecule has 15 heavy (non-hydrogen) atoms. The highest BCUT2D eigenvalue weighted by atomic mass is 19.1. The van der Waals surface area contributed by atoms with Gasteiger partial charge < -0.3 is 10.1 Å². The second-order valence-electron chi connectivity index (χ2n) is 4.32. The van der Waals surface area contributed by atoms with Crippen LogP contribution in [-0.4, -0.2) is 19.7 Å². The largest absolute Gasteiger partial charge is 0.368 e. The number of rotatable bonds is 0. The van der Waals surface area contributed by atoms with Gasteiger partial charge in [0.2, 0.25) is 0 Å². The first-order valence-corrected chi connectivity index (χ1v) is 5.44. The molecule has 1 N–H and O–H groups in total. The van der Waals surface area contributed by atoms with E-state index in [-0.39, 0.29) is 11.4 Å². The monoisotopic (exact) mass is 207 g/mol. The summed E-state index contributed by atoms with van der Waals surface area (Å²) >= 11 is 0. The second kappa shape index (κ2) is 3.29. The maximum absolute atomic E-state index is 13.2. The van der Waals surface area contributed by atoms with Gasteiger partial charge in [-0.15, -0.1) is 0 Å². The van der Waals surface area contributed by atoms with E-state index in [1.165, 1.54) is 11.6 Å². The van der Waals surface area contributed by atoms with Crippen molar-refractivity contribution in [1.29, 1.82) is 0 Å². The Balaban J connectivity index is 2.05. The smallest absolute Gasteiger partial charge is 0.123 e. The van der Waals surface area contributed by atoms with Crippen LogP contribution >= 0.6 is 0 Å². The van der Waals surface area contributed by atoms with Gasteiger partial charge >= 0.3 is 0 Å². The quantitative estimate of drug-likeness (QED) is 0.697. The lowest BCUT2D eigenvalue weighted by molar-refractivity contribution is -0.0696. The minimum atomic E-state index is -0.254. The molecule has 1 aromatic carbocycles. The van der Waals surface area contributed by atoms with Crippen LogP contribution in [0.4, 0.5) is 4.39 Å². The van der Waals surface area contributed by atoms with Crippen LogP contribution in [0.3, 0.4) is 0 Å². The van der Waals surface area contributed by atoms with E-state index in [1.807, 2.05) is 6.07 Å². The third-order valence-corrected chi connectivity index (χ3v) is 3.43. The highest BCUT2D eigenvalue weighted by Crippen LogP contribution is 2.40. The molecule has 1 aromatic rings. The van der Waals surface area contributed by atoms with Crippen LogP contribution in [0.2, 0.25) is 0 Å². The predicted octanol–water partition coefficient (Wildman–Crippen LogP) is 1.59. The van der Waals surface area contributed by atoms with E-state index in [0.29, 0.717) is 0 Å². The standard InChI is InChI=1S/C12H14FNO/c13-10-2-1-9-3-4-12(11(9)7-10)8-14-5-6-15-12/h1-2,7,14H,3-6,8H2. The Morgan fingerprint density at radius 2 is 2.33 bits per heavy atom. The lowest BCUT2D eigenvalue weighted by Gasteiger charge is -2.35. The van der Waals surface area contributed by atoms with E-state index in [9.17, 15) is 4.39 Å². The van der Waals surface area contributed by atoms with E-state index < -0.39 is 0 Å². The zero-order valence-electron chi connectivity index (χ0n) is 8.55. The normalized spacial score (nSPS) is 29.4. The summed E-state index contributed by atoms with van der Waals surface area (Å²) in [6.07, 6.45) is 1.97. The molecule has 3 heteroatoms. The zero-order valence-corrected chi connectivity index (χ0v) is 8.55. The van der Waals surface area contributed by atoms with Crippen LogP contribution in [0.1, 0.15) is 17.5 Å². The Kier molecular flexibility index (Phi) is 2.04. The fourth-order valence-electron chi connectivity index (χ4n) is 2.66. The van der Waals surface area contributed by atoms with Crippen LogP contribution in [0.25, 0.3) is 0 Å². The van der Waals surface area contributed by atoms with Gasteiger partial charge in [-0.1, -0.05) is 6.07 Å². The molecule has 1 fully saturated rings. The van der Waals surface area contributed by atoms with Crippen molar-refractivity contribution in [2.45, 2.75) is 18.4 Å². The van der Waals surface area contributed by atoms with Gasteiger partial charge in [0.25, 0.3) is 0 Å². The van der Waals surface area contributed by atoms with E-state index >= 15 is 0 Å². The summed E-state index contributed by atoms with van der Waals surface area (Å²) in [5.74, 6) is -0.163. The highest BCUT2D eigenvalue weighted by molar-refractivity contribution is 5.38. The van der Waals surface area contributed by atoms with Crippen molar-refractivity contribution >= 4 is 0 Å². The first-order chi connectivity index (χ1) is 7.30. The summed E-state index contributed by atoms with van der Waals surface area (Å²) in [5, 5.41) is 3.33. The first-order valence-electron chi connectivity index (χ1n) is 5.44. The van der Waals surface area contributed by atoms with Gasteiger partial charge in [0.05, 0.1) is 6.61 Å². The molecule has 2 nitrogen and oxygen atoms in total. The number of hydrogen-bond acceptors (Lipinski definition) is 2. The molecule has 0 radical (unpaired) electrons. The first kappa shape index (κ1) is 9.31. The number of aryl methyl sites for hydroxylation is 1. The van der Waals surface area contributed by atoms with E-state index in [1.54, 1.807) is 6.07 Å². The van der Waals surface area contributed by atoms with E-state index in [0.717, 1.165) is 38.1 Å². The van der Waals surface area contributed by atoms with Crippen molar-refractivity contribution < 1.29 is 9.13 Å². The lowest BCUT2D eigenvalue weighted by atomic mass is 9.94. The molecule has 0 saturated carbocycles. The summed E-state index contributed by atoms with van der Waals surface area (Å²) in [5.41, 5.74) is 2.03. The van der Waals surface area contributed by atoms with E-state index in [4.69, 9.17) is 4.74 Å². The Hall–Kier alpha value is -0.930. The molecular weight excluding hydrogens is 193 g/mol. The summed E-state index contributed by atoms with van der Waals surface area (Å²) in [7, 11) is 0. The molecule has 0 bridgehead atoms. The van der Waals surface area contributed by atoms with Crippen molar-refractivity contribution in [1.82, 2.24) is 5.32 Å². The van der Waals surface area contributed by atoms with Crippen molar-refractivity contribution in [3.63, 3.8) is 0 Å². The number of benzene rings is 1. The van der Waals surface area contributed by atoms with Gasteiger partial charge in [0.1, 0.15) is 11.4 Å². The third-order valence-electron chi connectivity index (χ3n) is 3.43. The summed E-state index contributed by atoms with van der Waals surface area (Å²) in [4.78, 5) is 0. The van der Waals surface area contributed by atoms with Crippen LogP contribution < -0.4 is 5.32 Å². The van der Waals surface area contributed by atoms with Crippen LogP contribution in [0, 0.1) is 5.82 Å². The molecule has 1 aliphatic heterocycles. The van der Waals surface area contributed by atoms with Crippen molar-refractivity contribution in [2.75, 3.05) is 19.7 Å². The topological polar surface area (TPSA) is 21.3 Å². The molecule has 0 amide bonds. The van der Waals surface area contributed by atoms with Gasteiger partial charge in [-0.05, 0) is 36.1 Å². The molecule has 0 aromatic heterocycles. The van der Waals surface area contributed by atoms with Crippen LogP contribution in [0.15, 0.2) is 18.2 Å². The summed E-state index contributed by atoms with van der Waals surface area (Å²) < 4.78 is 19.1. The second-order valence-corrected chi connectivity index (χ2v) is 4.32. The Morgan fingerprint density at radius 1 is 1.40 bits per heavy atom. The molecule has 1 saturated heterocycles. The minimum absolute atomic E-state index is 0.163. The number of morpholine rings is 1. The van der Waals surface area contributed by atoms with Gasteiger partial charge in [-0.25, -0.2) is 4.39 Å². The maximum Gasteiger partial charge on any atom is 0.123 e.